The third-order valence-corrected chi connectivity index (χ3v) is 5.29. The van der Waals surface area contributed by atoms with E-state index in [4.69, 9.17) is 13.9 Å². The van der Waals surface area contributed by atoms with Crippen LogP contribution >= 0.6 is 11.3 Å². The van der Waals surface area contributed by atoms with Crippen molar-refractivity contribution < 1.29 is 23.5 Å². The molecule has 1 aliphatic rings. The second kappa shape index (κ2) is 6.54. The van der Waals surface area contributed by atoms with Gasteiger partial charge >= 0.3 is 0 Å². The van der Waals surface area contributed by atoms with Gasteiger partial charge in [-0.15, -0.1) is 11.3 Å². The van der Waals surface area contributed by atoms with E-state index in [-0.39, 0.29) is 24.2 Å². The molecule has 5 rings (SSSR count). The maximum absolute atomic E-state index is 13.2. The van der Waals surface area contributed by atoms with Gasteiger partial charge in [0.15, 0.2) is 17.3 Å². The number of benzene rings is 2. The lowest BCUT2D eigenvalue weighted by atomic mass is 10.1. The summed E-state index contributed by atoms with van der Waals surface area (Å²) in [6, 6.07) is 15.7. The summed E-state index contributed by atoms with van der Waals surface area (Å²) in [5, 5.41) is 5.32. The summed E-state index contributed by atoms with van der Waals surface area (Å²) in [6.07, 6.45) is 0. The van der Waals surface area contributed by atoms with Crippen molar-refractivity contribution in [1.82, 2.24) is 0 Å². The van der Waals surface area contributed by atoms with Gasteiger partial charge in [-0.2, -0.15) is 0 Å². The summed E-state index contributed by atoms with van der Waals surface area (Å²) in [5.41, 5.74) is 1.26. The number of nitrogens with one attached hydrogen (secondary N) is 1. The zero-order chi connectivity index (χ0) is 19.1. The van der Waals surface area contributed by atoms with Gasteiger partial charge in [0.25, 0.3) is 5.91 Å². The summed E-state index contributed by atoms with van der Waals surface area (Å²) < 4.78 is 16.5. The maximum Gasteiger partial charge on any atom is 0.265 e. The highest BCUT2D eigenvalue weighted by Gasteiger charge is 2.25. The summed E-state index contributed by atoms with van der Waals surface area (Å²) in [6.45, 7) is 0.125. The number of carbonyl (C=O) groups is 2. The molecule has 4 aromatic rings. The molecule has 0 radical (unpaired) electrons. The van der Waals surface area contributed by atoms with Crippen molar-refractivity contribution >= 4 is 39.7 Å². The predicted octanol–water partition coefficient (Wildman–Crippen LogP) is 4.71. The molecule has 138 valence electrons. The number of anilines is 1. The van der Waals surface area contributed by atoms with Crippen LogP contribution in [0.25, 0.3) is 11.0 Å². The molecule has 1 amide bonds. The van der Waals surface area contributed by atoms with Crippen LogP contribution in [-0.4, -0.2) is 18.5 Å². The molecule has 0 aliphatic carbocycles. The van der Waals surface area contributed by atoms with E-state index >= 15 is 0 Å². The number of ketones is 1. The molecule has 7 heteroatoms. The molecular formula is C21H13NO5S. The summed E-state index contributed by atoms with van der Waals surface area (Å²) >= 11 is 1.32. The number of ether oxygens (including phenoxy) is 2. The molecule has 0 atom stereocenters. The Labute approximate surface area is 163 Å². The number of hydrogen-bond acceptors (Lipinski definition) is 6. The van der Waals surface area contributed by atoms with E-state index in [1.165, 1.54) is 11.3 Å². The van der Waals surface area contributed by atoms with Gasteiger partial charge < -0.3 is 19.2 Å². The first-order valence-corrected chi connectivity index (χ1v) is 9.39. The van der Waals surface area contributed by atoms with Gasteiger partial charge in [0.05, 0.1) is 10.6 Å². The number of para-hydroxylation sites is 1. The second-order valence-electron chi connectivity index (χ2n) is 6.13. The minimum absolute atomic E-state index is 0.0740. The fourth-order valence-corrected chi connectivity index (χ4v) is 3.70. The van der Waals surface area contributed by atoms with Crippen LogP contribution in [0.5, 0.6) is 11.5 Å². The normalized spacial score (nSPS) is 12.3. The van der Waals surface area contributed by atoms with Crippen molar-refractivity contribution in [3.63, 3.8) is 0 Å². The monoisotopic (exact) mass is 391 g/mol. The van der Waals surface area contributed by atoms with E-state index < -0.39 is 0 Å². The van der Waals surface area contributed by atoms with Crippen molar-refractivity contribution in [1.29, 1.82) is 0 Å². The minimum Gasteiger partial charge on any atom is -0.454 e. The average molecular weight is 391 g/mol. The Morgan fingerprint density at radius 2 is 1.82 bits per heavy atom. The predicted molar refractivity (Wildman–Crippen MR) is 104 cm³/mol. The van der Waals surface area contributed by atoms with E-state index in [2.05, 4.69) is 5.32 Å². The van der Waals surface area contributed by atoms with Crippen LogP contribution in [0.2, 0.25) is 0 Å². The van der Waals surface area contributed by atoms with E-state index in [0.717, 1.165) is 0 Å². The summed E-state index contributed by atoms with van der Waals surface area (Å²) in [4.78, 5) is 26.3. The van der Waals surface area contributed by atoms with Gasteiger partial charge in [0.2, 0.25) is 12.6 Å². The Balaban J connectivity index is 1.58. The SMILES string of the molecule is O=C(Nc1c(C(=O)c2ccc3c(c2)OCO3)oc2ccccc12)c1cccs1. The van der Waals surface area contributed by atoms with E-state index in [9.17, 15) is 9.59 Å². The van der Waals surface area contributed by atoms with Crippen molar-refractivity contribution in [3.8, 4) is 11.5 Å². The molecule has 0 bridgehead atoms. The zero-order valence-electron chi connectivity index (χ0n) is 14.4. The Morgan fingerprint density at radius 1 is 0.964 bits per heavy atom. The van der Waals surface area contributed by atoms with Crippen LogP contribution in [0, 0.1) is 0 Å². The fourth-order valence-electron chi connectivity index (χ4n) is 3.08. The lowest BCUT2D eigenvalue weighted by molar-refractivity contribution is 0.101. The number of thiophene rings is 1. The standard InChI is InChI=1S/C21H13NO5S/c23-19(12-7-8-15-16(10-12)26-11-25-15)20-18(13-4-1-2-5-14(13)27-20)22-21(24)17-6-3-9-28-17/h1-10H,11H2,(H,22,24). The van der Waals surface area contributed by atoms with Crippen molar-refractivity contribution in [3.05, 3.63) is 76.2 Å². The fraction of sp³-hybridized carbons (Fsp3) is 0.0476. The number of carbonyl (C=O) groups excluding carboxylic acids is 2. The van der Waals surface area contributed by atoms with Crippen LogP contribution in [-0.2, 0) is 0 Å². The molecule has 0 spiro atoms. The van der Waals surface area contributed by atoms with Gasteiger partial charge in [-0.1, -0.05) is 18.2 Å². The first-order chi connectivity index (χ1) is 13.7. The van der Waals surface area contributed by atoms with Crippen molar-refractivity contribution in [2.24, 2.45) is 0 Å². The topological polar surface area (TPSA) is 77.8 Å². The van der Waals surface area contributed by atoms with E-state index in [1.54, 1.807) is 42.5 Å². The third-order valence-electron chi connectivity index (χ3n) is 4.42. The number of fused-ring (bicyclic) bond motifs is 2. The van der Waals surface area contributed by atoms with E-state index in [1.807, 2.05) is 17.5 Å². The number of amides is 1. The molecule has 1 aliphatic heterocycles. The molecule has 0 saturated carbocycles. The highest BCUT2D eigenvalue weighted by Crippen LogP contribution is 2.36. The van der Waals surface area contributed by atoms with Crippen LogP contribution in [0.3, 0.4) is 0 Å². The molecule has 0 unspecified atom stereocenters. The van der Waals surface area contributed by atoms with Crippen molar-refractivity contribution in [2.75, 3.05) is 12.1 Å². The Bertz CT molecular complexity index is 1210. The van der Waals surface area contributed by atoms with Crippen LogP contribution in [0.4, 0.5) is 5.69 Å². The third kappa shape index (κ3) is 2.73. The molecule has 3 heterocycles. The zero-order valence-corrected chi connectivity index (χ0v) is 15.2. The number of furan rings is 1. The first-order valence-electron chi connectivity index (χ1n) is 8.51. The molecule has 1 N–H and O–H groups in total. The molecular weight excluding hydrogens is 378 g/mol. The Kier molecular flexibility index (Phi) is 3.87. The van der Waals surface area contributed by atoms with Crippen LogP contribution < -0.4 is 14.8 Å². The van der Waals surface area contributed by atoms with Gasteiger partial charge in [-0.05, 0) is 41.8 Å². The first kappa shape index (κ1) is 16.6. The van der Waals surface area contributed by atoms with Gasteiger partial charge in [-0.25, -0.2) is 0 Å². The highest BCUT2D eigenvalue weighted by atomic mass is 32.1. The molecule has 6 nitrogen and oxygen atoms in total. The van der Waals surface area contributed by atoms with E-state index in [0.29, 0.717) is 38.6 Å². The maximum atomic E-state index is 13.2. The molecule has 2 aromatic heterocycles. The van der Waals surface area contributed by atoms with Gasteiger partial charge in [-0.3, -0.25) is 9.59 Å². The molecule has 2 aromatic carbocycles. The number of rotatable bonds is 4. The largest absolute Gasteiger partial charge is 0.454 e. The minimum atomic E-state index is -0.351. The second-order valence-corrected chi connectivity index (χ2v) is 7.08. The van der Waals surface area contributed by atoms with Crippen LogP contribution in [0.15, 0.2) is 64.4 Å². The van der Waals surface area contributed by atoms with Gasteiger partial charge in [0, 0.05) is 10.9 Å². The molecule has 0 fully saturated rings. The summed E-state index contributed by atoms with van der Waals surface area (Å²) in [5.74, 6) is 0.528. The average Bonchev–Trinajstić information content (AvgIpc) is 3.46. The highest BCUT2D eigenvalue weighted by molar-refractivity contribution is 7.12. The Morgan fingerprint density at radius 3 is 2.68 bits per heavy atom. The summed E-state index contributed by atoms with van der Waals surface area (Å²) in [7, 11) is 0. The molecule has 0 saturated heterocycles. The lowest BCUT2D eigenvalue weighted by Crippen LogP contribution is -2.13. The smallest absolute Gasteiger partial charge is 0.265 e. The number of hydrogen-bond donors (Lipinski definition) is 1. The quantitative estimate of drug-likeness (QED) is 0.510. The van der Waals surface area contributed by atoms with Crippen LogP contribution in [0.1, 0.15) is 25.8 Å². The van der Waals surface area contributed by atoms with Crippen molar-refractivity contribution in [2.45, 2.75) is 0 Å². The Hall–Kier alpha value is -3.58. The molecule has 28 heavy (non-hydrogen) atoms. The lowest BCUT2D eigenvalue weighted by Gasteiger charge is -2.05. The van der Waals surface area contributed by atoms with Gasteiger partial charge in [0.1, 0.15) is 5.58 Å².